The number of hydrogen-bond acceptors (Lipinski definition) is 1. The molecule has 1 aliphatic heterocycles. The first-order valence-corrected chi connectivity index (χ1v) is 8.15. The molecule has 0 fully saturated rings. The van der Waals surface area contributed by atoms with Crippen molar-refractivity contribution in [1.82, 2.24) is 0 Å². The van der Waals surface area contributed by atoms with Crippen molar-refractivity contribution in [1.29, 1.82) is 0 Å². The summed E-state index contributed by atoms with van der Waals surface area (Å²) in [5.74, 6) is 0.449. The number of hydrogen-bond donors (Lipinski definition) is 1. The van der Waals surface area contributed by atoms with Crippen LogP contribution >= 0.6 is 0 Å². The van der Waals surface area contributed by atoms with Gasteiger partial charge >= 0.3 is 6.03 Å². The van der Waals surface area contributed by atoms with E-state index < -0.39 is 0 Å². The molecule has 1 N–H and O–H groups in total. The van der Waals surface area contributed by atoms with E-state index in [4.69, 9.17) is 0 Å². The molecule has 3 nitrogen and oxygen atoms in total. The van der Waals surface area contributed by atoms with Gasteiger partial charge in [0.2, 0.25) is 0 Å². The van der Waals surface area contributed by atoms with Crippen LogP contribution in [0.25, 0.3) is 0 Å². The van der Waals surface area contributed by atoms with Gasteiger partial charge in [0.25, 0.3) is 0 Å². The van der Waals surface area contributed by atoms with E-state index >= 15 is 0 Å². The Morgan fingerprint density at radius 1 is 1.13 bits per heavy atom. The largest absolute Gasteiger partial charge is 0.326 e. The predicted molar refractivity (Wildman–Crippen MR) is 96.2 cm³/mol. The summed E-state index contributed by atoms with van der Waals surface area (Å²) < 4.78 is 0. The number of amides is 2. The zero-order valence-electron chi connectivity index (χ0n) is 14.3. The first kappa shape index (κ1) is 15.6. The van der Waals surface area contributed by atoms with Gasteiger partial charge in [0.05, 0.1) is 0 Å². The molecule has 120 valence electrons. The van der Waals surface area contributed by atoms with E-state index in [1.165, 1.54) is 11.1 Å². The molecule has 3 heteroatoms. The summed E-state index contributed by atoms with van der Waals surface area (Å²) in [5.41, 5.74) is 4.04. The normalized spacial score (nSPS) is 19.1. The number of benzene rings is 2. The van der Waals surface area contributed by atoms with Crippen molar-refractivity contribution in [2.24, 2.45) is 0 Å². The third-order valence-corrected chi connectivity index (χ3v) is 4.63. The number of urea groups is 1. The van der Waals surface area contributed by atoms with Crippen LogP contribution in [0.3, 0.4) is 0 Å². The second kappa shape index (κ2) is 5.73. The zero-order valence-corrected chi connectivity index (χ0v) is 14.3. The smallest absolute Gasteiger partial charge is 0.308 e. The van der Waals surface area contributed by atoms with Crippen molar-refractivity contribution < 1.29 is 4.79 Å². The molecular formula is C20H24N2O. The van der Waals surface area contributed by atoms with Gasteiger partial charge in [0, 0.05) is 16.9 Å². The van der Waals surface area contributed by atoms with Crippen LogP contribution in [0.1, 0.15) is 44.2 Å². The van der Waals surface area contributed by atoms with E-state index in [1.807, 2.05) is 54.3 Å². The van der Waals surface area contributed by atoms with Crippen LogP contribution in [0.15, 0.2) is 48.5 Å². The van der Waals surface area contributed by atoms with Gasteiger partial charge in [0.15, 0.2) is 0 Å². The van der Waals surface area contributed by atoms with Gasteiger partial charge in [-0.1, -0.05) is 42.8 Å². The molecule has 0 aromatic heterocycles. The minimum absolute atomic E-state index is 0.0711. The molecule has 3 rings (SSSR count). The molecular weight excluding hydrogens is 284 g/mol. The highest BCUT2D eigenvalue weighted by Crippen LogP contribution is 2.43. The number of rotatable bonds is 1. The molecule has 1 atom stereocenters. The lowest BCUT2D eigenvalue weighted by atomic mass is 9.80. The van der Waals surface area contributed by atoms with Crippen LogP contribution in [0.5, 0.6) is 0 Å². The Hall–Kier alpha value is -2.29. The number of nitrogens with one attached hydrogen (secondary N) is 1. The molecule has 0 unspecified atom stereocenters. The number of para-hydroxylation sites is 1. The van der Waals surface area contributed by atoms with Gasteiger partial charge in [-0.15, -0.1) is 0 Å². The third kappa shape index (κ3) is 2.96. The van der Waals surface area contributed by atoms with Gasteiger partial charge in [-0.2, -0.15) is 0 Å². The van der Waals surface area contributed by atoms with Crippen molar-refractivity contribution >= 4 is 17.4 Å². The summed E-state index contributed by atoms with van der Waals surface area (Å²) in [4.78, 5) is 14.9. The van der Waals surface area contributed by atoms with Crippen LogP contribution in [0.4, 0.5) is 16.2 Å². The highest BCUT2D eigenvalue weighted by atomic mass is 16.2. The van der Waals surface area contributed by atoms with Gasteiger partial charge in [0.1, 0.15) is 0 Å². The summed E-state index contributed by atoms with van der Waals surface area (Å²) in [6, 6.07) is 16.0. The number of nitrogens with zero attached hydrogens (tertiary/aromatic N) is 1. The average Bonchev–Trinajstić information content (AvgIpc) is 2.49. The summed E-state index contributed by atoms with van der Waals surface area (Å²) in [6.45, 7) is 8.54. The Labute approximate surface area is 138 Å². The zero-order chi connectivity index (χ0) is 16.6. The Morgan fingerprint density at radius 2 is 1.78 bits per heavy atom. The lowest BCUT2D eigenvalue weighted by Crippen LogP contribution is -2.53. The Bertz CT molecular complexity index is 719. The highest BCUT2D eigenvalue weighted by Gasteiger charge is 2.39. The molecule has 1 aliphatic rings. The van der Waals surface area contributed by atoms with Crippen molar-refractivity contribution in [2.45, 2.75) is 45.6 Å². The fourth-order valence-corrected chi connectivity index (χ4v) is 3.59. The Balaban J connectivity index is 1.94. The number of carbonyl (C=O) groups is 1. The lowest BCUT2D eigenvalue weighted by molar-refractivity contribution is 0.247. The van der Waals surface area contributed by atoms with Crippen molar-refractivity contribution in [3.63, 3.8) is 0 Å². The van der Waals surface area contributed by atoms with E-state index in [1.54, 1.807) is 0 Å². The number of anilines is 2. The molecule has 0 bridgehead atoms. The van der Waals surface area contributed by atoms with Gasteiger partial charge in [-0.3, -0.25) is 4.90 Å². The second-order valence-corrected chi connectivity index (χ2v) is 7.11. The van der Waals surface area contributed by atoms with Crippen LogP contribution in [-0.4, -0.2) is 11.6 Å². The highest BCUT2D eigenvalue weighted by molar-refractivity contribution is 6.03. The fraction of sp³-hybridized carbons (Fsp3) is 0.350. The first-order chi connectivity index (χ1) is 10.9. The number of aryl methyl sites for hydroxylation is 1. The molecule has 2 aromatic rings. The molecule has 0 radical (unpaired) electrons. The van der Waals surface area contributed by atoms with Crippen LogP contribution in [-0.2, 0) is 0 Å². The van der Waals surface area contributed by atoms with Gasteiger partial charge in [-0.25, -0.2) is 4.79 Å². The molecule has 2 amide bonds. The number of fused-ring (bicyclic) bond motifs is 1. The van der Waals surface area contributed by atoms with Crippen LogP contribution in [0, 0.1) is 6.92 Å². The summed E-state index contributed by atoms with van der Waals surface area (Å²) >= 11 is 0. The summed E-state index contributed by atoms with van der Waals surface area (Å²) in [6.07, 6.45) is 0.950. The molecule has 1 heterocycles. The van der Waals surface area contributed by atoms with E-state index in [-0.39, 0.29) is 11.6 Å². The standard InChI is InChI=1S/C20H24N2O/c1-14-9-11-16(12-10-14)21-19(23)22-18-8-6-5-7-17(18)15(2)13-20(22,3)4/h5-12,15H,13H2,1-4H3,(H,21,23)/t15-/m1/s1. The molecule has 0 spiro atoms. The second-order valence-electron chi connectivity index (χ2n) is 7.11. The van der Waals surface area contributed by atoms with Crippen molar-refractivity contribution in [3.05, 3.63) is 59.7 Å². The van der Waals surface area contributed by atoms with E-state index in [2.05, 4.69) is 32.2 Å². The van der Waals surface area contributed by atoms with Crippen LogP contribution in [0.2, 0.25) is 0 Å². The fourth-order valence-electron chi connectivity index (χ4n) is 3.59. The summed E-state index contributed by atoms with van der Waals surface area (Å²) in [5, 5.41) is 3.04. The van der Waals surface area contributed by atoms with Crippen LogP contribution < -0.4 is 10.2 Å². The third-order valence-electron chi connectivity index (χ3n) is 4.63. The van der Waals surface area contributed by atoms with E-state index in [9.17, 15) is 4.79 Å². The maximum Gasteiger partial charge on any atom is 0.326 e. The SMILES string of the molecule is Cc1ccc(NC(=O)N2c3ccccc3[C@H](C)CC2(C)C)cc1. The molecule has 0 saturated carbocycles. The Morgan fingerprint density at radius 3 is 2.48 bits per heavy atom. The first-order valence-electron chi connectivity index (χ1n) is 8.15. The topological polar surface area (TPSA) is 32.3 Å². The number of carbonyl (C=O) groups excluding carboxylic acids is 1. The maximum atomic E-state index is 13.0. The minimum atomic E-state index is -0.220. The summed E-state index contributed by atoms with van der Waals surface area (Å²) in [7, 11) is 0. The average molecular weight is 308 g/mol. The quantitative estimate of drug-likeness (QED) is 0.759. The molecule has 23 heavy (non-hydrogen) atoms. The minimum Gasteiger partial charge on any atom is -0.308 e. The van der Waals surface area contributed by atoms with E-state index in [0.29, 0.717) is 5.92 Å². The molecule has 2 aromatic carbocycles. The van der Waals surface area contributed by atoms with Gasteiger partial charge < -0.3 is 5.32 Å². The lowest BCUT2D eigenvalue weighted by Gasteiger charge is -2.45. The van der Waals surface area contributed by atoms with Crippen molar-refractivity contribution in [2.75, 3.05) is 10.2 Å². The predicted octanol–water partition coefficient (Wildman–Crippen LogP) is 5.32. The maximum absolute atomic E-state index is 13.0. The molecule has 0 aliphatic carbocycles. The monoisotopic (exact) mass is 308 g/mol. The molecule has 0 saturated heterocycles. The van der Waals surface area contributed by atoms with Gasteiger partial charge in [-0.05, 0) is 56.9 Å². The van der Waals surface area contributed by atoms with E-state index in [0.717, 1.165) is 17.8 Å². The Kier molecular flexibility index (Phi) is 3.88. The van der Waals surface area contributed by atoms with Crippen molar-refractivity contribution in [3.8, 4) is 0 Å².